The van der Waals surface area contributed by atoms with E-state index in [-0.39, 0.29) is 11.4 Å². The van der Waals surface area contributed by atoms with Crippen molar-refractivity contribution in [2.24, 2.45) is 5.10 Å². The van der Waals surface area contributed by atoms with Gasteiger partial charge in [-0.3, -0.25) is 25.7 Å². The highest BCUT2D eigenvalue weighted by Crippen LogP contribution is 2.30. The summed E-state index contributed by atoms with van der Waals surface area (Å²) < 4.78 is 10.4. The molecule has 0 saturated heterocycles. The number of nitrogens with one attached hydrogen (secondary N) is 1. The highest BCUT2D eigenvalue weighted by molar-refractivity contribution is 5.99. The molecule has 1 N–H and O–H groups in total. The Bertz CT molecular complexity index is 881. The molecule has 0 fully saturated rings. The summed E-state index contributed by atoms with van der Waals surface area (Å²) >= 11 is 0. The monoisotopic (exact) mass is 360 g/mol. The molecule has 2 aromatic rings. The van der Waals surface area contributed by atoms with Gasteiger partial charge in [-0.1, -0.05) is 0 Å². The van der Waals surface area contributed by atoms with E-state index in [4.69, 9.17) is 9.47 Å². The molecule has 10 nitrogen and oxygen atoms in total. The van der Waals surface area contributed by atoms with E-state index in [1.165, 1.54) is 20.3 Å². The third kappa shape index (κ3) is 4.04. The molecule has 0 spiro atoms. The van der Waals surface area contributed by atoms with Crippen LogP contribution in [-0.2, 0) is 0 Å². The molecule has 0 amide bonds. The van der Waals surface area contributed by atoms with Crippen molar-refractivity contribution in [3.05, 3.63) is 62.2 Å². The highest BCUT2D eigenvalue weighted by atomic mass is 16.6. The van der Waals surface area contributed by atoms with Crippen LogP contribution in [0.25, 0.3) is 0 Å². The summed E-state index contributed by atoms with van der Waals surface area (Å²) in [5.74, 6) is 1.07. The fraction of sp³-hybridized carbons (Fsp3) is 0.188. The minimum Gasteiger partial charge on any atom is -0.493 e. The molecule has 26 heavy (non-hydrogen) atoms. The Morgan fingerprint density at radius 3 is 2.27 bits per heavy atom. The number of methoxy groups -OCH3 is 2. The van der Waals surface area contributed by atoms with Crippen molar-refractivity contribution in [2.75, 3.05) is 19.6 Å². The topological polar surface area (TPSA) is 129 Å². The molecular weight excluding hydrogens is 344 g/mol. The number of nitro benzene ring substituents is 2. The largest absolute Gasteiger partial charge is 0.493 e. The quantitative estimate of drug-likeness (QED) is 0.455. The molecule has 2 rings (SSSR count). The number of benzene rings is 2. The summed E-state index contributed by atoms with van der Waals surface area (Å²) in [4.78, 5) is 20.5. The van der Waals surface area contributed by atoms with Gasteiger partial charge in [-0.2, -0.15) is 5.10 Å². The summed E-state index contributed by atoms with van der Waals surface area (Å²) in [5, 5.41) is 26.0. The lowest BCUT2D eigenvalue weighted by atomic mass is 10.1. The standard InChI is InChI=1S/C16H16N4O6/c1-10(11-4-7-15(25-2)16(8-11)26-3)17-18-13-6-5-12(19(21)22)9-14(13)20(23)24/h4-9,18H,1-3H3. The van der Waals surface area contributed by atoms with Gasteiger partial charge in [0, 0.05) is 11.6 Å². The van der Waals surface area contributed by atoms with Crippen molar-refractivity contribution in [3.63, 3.8) is 0 Å². The van der Waals surface area contributed by atoms with Crippen LogP contribution in [-0.4, -0.2) is 29.8 Å². The lowest BCUT2D eigenvalue weighted by molar-refractivity contribution is -0.393. The molecule has 10 heteroatoms. The van der Waals surface area contributed by atoms with E-state index in [1.54, 1.807) is 25.1 Å². The van der Waals surface area contributed by atoms with Crippen molar-refractivity contribution >= 4 is 22.8 Å². The van der Waals surface area contributed by atoms with Crippen molar-refractivity contribution in [1.29, 1.82) is 0 Å². The van der Waals surface area contributed by atoms with Crippen LogP contribution in [0.5, 0.6) is 11.5 Å². The zero-order valence-corrected chi connectivity index (χ0v) is 14.3. The maximum atomic E-state index is 11.1. The minimum atomic E-state index is -0.712. The van der Waals surface area contributed by atoms with Gasteiger partial charge in [-0.25, -0.2) is 0 Å². The third-order valence-electron chi connectivity index (χ3n) is 3.53. The number of rotatable bonds is 7. The number of hydrazone groups is 1. The van der Waals surface area contributed by atoms with E-state index in [2.05, 4.69) is 10.5 Å². The van der Waals surface area contributed by atoms with Crippen molar-refractivity contribution in [3.8, 4) is 11.5 Å². The molecule has 0 heterocycles. The molecule has 0 atom stereocenters. The molecule has 0 aliphatic rings. The van der Waals surface area contributed by atoms with E-state index < -0.39 is 15.5 Å². The molecule has 0 saturated carbocycles. The fourth-order valence-corrected chi connectivity index (χ4v) is 2.15. The molecule has 0 aliphatic carbocycles. The smallest absolute Gasteiger partial charge is 0.301 e. The average Bonchev–Trinajstić information content (AvgIpc) is 2.64. The van der Waals surface area contributed by atoms with Crippen LogP contribution in [0.4, 0.5) is 17.1 Å². The molecule has 0 aromatic heterocycles. The summed E-state index contributed by atoms with van der Waals surface area (Å²) in [6.07, 6.45) is 0. The number of anilines is 1. The Morgan fingerprint density at radius 2 is 1.69 bits per heavy atom. The number of nitrogens with zero attached hydrogens (tertiary/aromatic N) is 3. The first kappa shape index (κ1) is 18.6. The lowest BCUT2D eigenvalue weighted by Crippen LogP contribution is -2.03. The zero-order chi connectivity index (χ0) is 19.3. The molecule has 0 unspecified atom stereocenters. The second-order valence-corrected chi connectivity index (χ2v) is 5.09. The van der Waals surface area contributed by atoms with Crippen LogP contribution in [0, 0.1) is 20.2 Å². The van der Waals surface area contributed by atoms with Gasteiger partial charge in [0.15, 0.2) is 11.5 Å². The first-order chi connectivity index (χ1) is 12.4. The Morgan fingerprint density at radius 1 is 1.00 bits per heavy atom. The van der Waals surface area contributed by atoms with E-state index in [1.807, 2.05) is 0 Å². The van der Waals surface area contributed by atoms with Crippen LogP contribution in [0.2, 0.25) is 0 Å². The van der Waals surface area contributed by atoms with Crippen molar-refractivity contribution < 1.29 is 19.3 Å². The van der Waals surface area contributed by atoms with Gasteiger partial charge in [-0.05, 0) is 31.2 Å². The van der Waals surface area contributed by atoms with Gasteiger partial charge < -0.3 is 9.47 Å². The maximum Gasteiger partial charge on any atom is 0.301 e. The van der Waals surface area contributed by atoms with E-state index >= 15 is 0 Å². The summed E-state index contributed by atoms with van der Waals surface area (Å²) in [5.41, 5.74) is 3.04. The first-order valence-corrected chi connectivity index (χ1v) is 7.33. The third-order valence-corrected chi connectivity index (χ3v) is 3.53. The minimum absolute atomic E-state index is 0.0421. The highest BCUT2D eigenvalue weighted by Gasteiger charge is 2.19. The molecule has 0 radical (unpaired) electrons. The van der Waals surface area contributed by atoms with Crippen LogP contribution in [0.3, 0.4) is 0 Å². The molecule has 2 aromatic carbocycles. The zero-order valence-electron chi connectivity index (χ0n) is 14.3. The predicted octanol–water partition coefficient (Wildman–Crippen LogP) is 3.36. The molecule has 0 bridgehead atoms. The Kier molecular flexibility index (Phi) is 5.68. The van der Waals surface area contributed by atoms with Gasteiger partial charge in [0.2, 0.25) is 0 Å². The second kappa shape index (κ2) is 7.92. The SMILES string of the molecule is COc1ccc(C(C)=NNc2ccc([N+](=O)[O-])cc2[N+](=O)[O-])cc1OC. The van der Waals surface area contributed by atoms with Crippen molar-refractivity contribution in [2.45, 2.75) is 6.92 Å². The van der Waals surface area contributed by atoms with E-state index in [9.17, 15) is 20.2 Å². The predicted molar refractivity (Wildman–Crippen MR) is 95.1 cm³/mol. The molecular formula is C16H16N4O6. The lowest BCUT2D eigenvalue weighted by Gasteiger charge is -2.09. The van der Waals surface area contributed by atoms with Crippen LogP contribution in [0.1, 0.15) is 12.5 Å². The Balaban J connectivity index is 2.31. The van der Waals surface area contributed by atoms with Gasteiger partial charge in [0.1, 0.15) is 5.69 Å². The average molecular weight is 360 g/mol. The summed E-state index contributed by atoms with van der Waals surface area (Å²) in [6.45, 7) is 1.70. The van der Waals surface area contributed by atoms with Gasteiger partial charge in [-0.15, -0.1) is 0 Å². The normalized spacial score (nSPS) is 11.0. The van der Waals surface area contributed by atoms with Crippen LogP contribution >= 0.6 is 0 Å². The fourth-order valence-electron chi connectivity index (χ4n) is 2.15. The molecule has 0 aliphatic heterocycles. The number of hydrogen-bond acceptors (Lipinski definition) is 8. The number of non-ortho nitro benzene ring substituents is 1. The van der Waals surface area contributed by atoms with E-state index in [0.717, 1.165) is 12.1 Å². The maximum absolute atomic E-state index is 11.1. The summed E-state index contributed by atoms with van der Waals surface area (Å²) in [6, 6.07) is 8.46. The first-order valence-electron chi connectivity index (χ1n) is 7.33. The second-order valence-electron chi connectivity index (χ2n) is 5.09. The van der Waals surface area contributed by atoms with E-state index in [0.29, 0.717) is 22.8 Å². The summed E-state index contributed by atoms with van der Waals surface area (Å²) in [7, 11) is 3.03. The van der Waals surface area contributed by atoms with Gasteiger partial charge in [0.05, 0.1) is 35.8 Å². The Labute approximate surface area is 148 Å². The van der Waals surface area contributed by atoms with Crippen LogP contribution in [0.15, 0.2) is 41.5 Å². The van der Waals surface area contributed by atoms with Crippen molar-refractivity contribution in [1.82, 2.24) is 0 Å². The number of nitro groups is 2. The van der Waals surface area contributed by atoms with Gasteiger partial charge >= 0.3 is 5.69 Å². The molecule has 136 valence electrons. The Hall–Kier alpha value is -3.69. The van der Waals surface area contributed by atoms with Crippen LogP contribution < -0.4 is 14.9 Å². The number of ether oxygens (including phenoxy) is 2. The van der Waals surface area contributed by atoms with Gasteiger partial charge in [0.25, 0.3) is 5.69 Å². The number of hydrogen-bond donors (Lipinski definition) is 1.